The molecule has 0 spiro atoms. The first-order valence-corrected chi connectivity index (χ1v) is 9.71. The molecular weight excluding hydrogens is 310 g/mol. The predicted molar refractivity (Wildman–Crippen MR) is 85.4 cm³/mol. The lowest BCUT2D eigenvalue weighted by Gasteiger charge is -2.27. The van der Waals surface area contributed by atoms with Crippen LogP contribution in [0.1, 0.15) is 44.5 Å². The van der Waals surface area contributed by atoms with Crippen molar-refractivity contribution in [3.8, 4) is 0 Å². The number of hydrogen-bond acceptors (Lipinski definition) is 4. The molecule has 2 heterocycles. The van der Waals surface area contributed by atoms with Gasteiger partial charge in [0.15, 0.2) is 9.84 Å². The Hall–Kier alpha value is -0.590. The van der Waals surface area contributed by atoms with Gasteiger partial charge in [0, 0.05) is 19.0 Å². The molecule has 1 fully saturated rings. The molecule has 2 atom stereocenters. The van der Waals surface area contributed by atoms with Crippen LogP contribution in [-0.2, 0) is 29.2 Å². The summed E-state index contributed by atoms with van der Waals surface area (Å²) in [7, 11) is -3.07. The van der Waals surface area contributed by atoms with Crippen LogP contribution in [0.15, 0.2) is 0 Å². The molecule has 0 amide bonds. The summed E-state index contributed by atoms with van der Waals surface area (Å²) in [6.07, 6.45) is 3.55. The lowest BCUT2D eigenvalue weighted by atomic mass is 10.0. The quantitative estimate of drug-likeness (QED) is 0.893. The zero-order valence-electron chi connectivity index (χ0n) is 12.7. The van der Waals surface area contributed by atoms with Gasteiger partial charge >= 0.3 is 0 Å². The Bertz CT molecular complexity index is 598. The van der Waals surface area contributed by atoms with Crippen molar-refractivity contribution in [2.45, 2.75) is 63.8 Å². The highest BCUT2D eigenvalue weighted by Gasteiger charge is 2.34. The third-order valence-corrected chi connectivity index (χ3v) is 7.03. The molecule has 1 aromatic rings. The Morgan fingerprint density at radius 3 is 2.71 bits per heavy atom. The number of rotatable bonds is 5. The minimum Gasteiger partial charge on any atom is -0.326 e. The van der Waals surface area contributed by atoms with Gasteiger partial charge in [-0.25, -0.2) is 8.42 Å². The van der Waals surface area contributed by atoms with E-state index in [9.17, 15) is 8.42 Å². The zero-order valence-corrected chi connectivity index (χ0v) is 14.3. The molecule has 21 heavy (non-hydrogen) atoms. The fraction of sp³-hybridized carbons (Fsp3) is 0.786. The molecule has 0 aromatic carbocycles. The SMILES string of the molecule is CCc1nn(CC)c(CC(N)C2CCCCS2(=O)=O)c1Cl. The number of aryl methyl sites for hydroxylation is 2. The van der Waals surface area contributed by atoms with Crippen molar-refractivity contribution in [3.63, 3.8) is 0 Å². The number of hydrogen-bond donors (Lipinski definition) is 1. The van der Waals surface area contributed by atoms with E-state index in [0.717, 1.165) is 30.7 Å². The maximum atomic E-state index is 12.2. The van der Waals surface area contributed by atoms with Gasteiger partial charge in [-0.3, -0.25) is 4.68 Å². The number of aromatic nitrogens is 2. The molecule has 2 N–H and O–H groups in total. The topological polar surface area (TPSA) is 78.0 Å². The van der Waals surface area contributed by atoms with Crippen LogP contribution < -0.4 is 5.73 Å². The van der Waals surface area contributed by atoms with E-state index in [1.54, 1.807) is 0 Å². The summed E-state index contributed by atoms with van der Waals surface area (Å²) in [6, 6.07) is -0.417. The molecule has 5 nitrogen and oxygen atoms in total. The van der Waals surface area contributed by atoms with Crippen LogP contribution in [0.4, 0.5) is 0 Å². The molecule has 1 aliphatic heterocycles. The van der Waals surface area contributed by atoms with Gasteiger partial charge in [0.25, 0.3) is 0 Å². The van der Waals surface area contributed by atoms with E-state index in [4.69, 9.17) is 17.3 Å². The first-order chi connectivity index (χ1) is 9.90. The third-order valence-electron chi connectivity index (χ3n) is 4.23. The maximum absolute atomic E-state index is 12.2. The van der Waals surface area contributed by atoms with Crippen molar-refractivity contribution in [2.75, 3.05) is 5.75 Å². The largest absolute Gasteiger partial charge is 0.326 e. The van der Waals surface area contributed by atoms with Gasteiger partial charge in [-0.15, -0.1) is 0 Å². The number of halogens is 1. The first-order valence-electron chi connectivity index (χ1n) is 7.61. The average Bonchev–Trinajstić information content (AvgIpc) is 2.74. The second-order valence-corrected chi connectivity index (χ2v) is 8.36. The predicted octanol–water partition coefficient (Wildman–Crippen LogP) is 1.96. The monoisotopic (exact) mass is 333 g/mol. The molecule has 120 valence electrons. The minimum absolute atomic E-state index is 0.256. The zero-order chi connectivity index (χ0) is 15.6. The third kappa shape index (κ3) is 3.43. The molecule has 2 rings (SSSR count). The van der Waals surface area contributed by atoms with Gasteiger partial charge in [-0.2, -0.15) is 5.10 Å². The van der Waals surface area contributed by atoms with Crippen LogP contribution >= 0.6 is 11.6 Å². The number of nitrogens with two attached hydrogens (primary N) is 1. The molecule has 0 aliphatic carbocycles. The summed E-state index contributed by atoms with van der Waals surface area (Å²) < 4.78 is 26.2. The molecule has 0 saturated carbocycles. The van der Waals surface area contributed by atoms with Gasteiger partial charge in [0.2, 0.25) is 0 Å². The van der Waals surface area contributed by atoms with E-state index >= 15 is 0 Å². The Kier molecular flexibility index (Phi) is 5.33. The summed E-state index contributed by atoms with van der Waals surface area (Å²) in [5.41, 5.74) is 7.94. The molecule has 1 aromatic heterocycles. The number of nitrogens with zero attached hydrogens (tertiary/aromatic N) is 2. The summed E-state index contributed by atoms with van der Waals surface area (Å²) in [6.45, 7) is 4.71. The Morgan fingerprint density at radius 2 is 2.14 bits per heavy atom. The van der Waals surface area contributed by atoms with Gasteiger partial charge in [0.05, 0.1) is 27.4 Å². The lowest BCUT2D eigenvalue weighted by molar-refractivity contribution is 0.484. The van der Waals surface area contributed by atoms with Gasteiger partial charge in [-0.1, -0.05) is 24.9 Å². The molecule has 0 bridgehead atoms. The summed E-state index contributed by atoms with van der Waals surface area (Å²) >= 11 is 6.37. The smallest absolute Gasteiger partial charge is 0.154 e. The van der Waals surface area contributed by atoms with Gasteiger partial charge < -0.3 is 5.73 Å². The van der Waals surface area contributed by atoms with Crippen molar-refractivity contribution in [1.29, 1.82) is 0 Å². The van der Waals surface area contributed by atoms with Crippen molar-refractivity contribution in [2.24, 2.45) is 5.73 Å². The molecular formula is C14H24ClN3O2S. The lowest BCUT2D eigenvalue weighted by Crippen LogP contribution is -2.45. The fourth-order valence-corrected chi connectivity index (χ4v) is 5.44. The highest BCUT2D eigenvalue weighted by molar-refractivity contribution is 7.92. The molecule has 1 aliphatic rings. The van der Waals surface area contributed by atoms with Crippen LogP contribution in [0.5, 0.6) is 0 Å². The molecule has 1 saturated heterocycles. The second kappa shape index (κ2) is 6.67. The summed E-state index contributed by atoms with van der Waals surface area (Å²) in [5, 5.41) is 4.65. The van der Waals surface area contributed by atoms with Crippen molar-refractivity contribution >= 4 is 21.4 Å². The normalized spacial score (nSPS) is 23.1. The van der Waals surface area contributed by atoms with E-state index in [0.29, 0.717) is 24.4 Å². The maximum Gasteiger partial charge on any atom is 0.154 e. The van der Waals surface area contributed by atoms with E-state index in [2.05, 4.69) is 5.10 Å². The molecule has 0 radical (unpaired) electrons. The average molecular weight is 334 g/mol. The van der Waals surface area contributed by atoms with E-state index in [-0.39, 0.29) is 5.75 Å². The molecule has 2 unspecified atom stereocenters. The fourth-order valence-electron chi connectivity index (χ4n) is 3.03. The summed E-state index contributed by atoms with van der Waals surface area (Å²) in [5.74, 6) is 0.256. The van der Waals surface area contributed by atoms with E-state index in [1.807, 2.05) is 18.5 Å². The van der Waals surface area contributed by atoms with Crippen LogP contribution in [0.3, 0.4) is 0 Å². The molecule has 7 heteroatoms. The van der Waals surface area contributed by atoms with Crippen molar-refractivity contribution in [3.05, 3.63) is 16.4 Å². The first kappa shape index (κ1) is 16.8. The minimum atomic E-state index is -3.07. The Balaban J connectivity index is 2.23. The van der Waals surface area contributed by atoms with E-state index in [1.165, 1.54) is 0 Å². The second-order valence-electron chi connectivity index (χ2n) is 5.65. The Labute approximate surface area is 131 Å². The highest BCUT2D eigenvalue weighted by atomic mass is 35.5. The van der Waals surface area contributed by atoms with Gasteiger partial charge in [0.1, 0.15) is 0 Å². The van der Waals surface area contributed by atoms with Crippen LogP contribution in [-0.4, -0.2) is 35.2 Å². The summed E-state index contributed by atoms with van der Waals surface area (Å²) in [4.78, 5) is 0. The number of sulfone groups is 1. The highest BCUT2D eigenvalue weighted by Crippen LogP contribution is 2.27. The van der Waals surface area contributed by atoms with Crippen LogP contribution in [0.25, 0.3) is 0 Å². The van der Waals surface area contributed by atoms with Crippen molar-refractivity contribution < 1.29 is 8.42 Å². The van der Waals surface area contributed by atoms with Crippen LogP contribution in [0.2, 0.25) is 5.02 Å². The Morgan fingerprint density at radius 1 is 1.43 bits per heavy atom. The van der Waals surface area contributed by atoms with E-state index < -0.39 is 21.1 Å². The van der Waals surface area contributed by atoms with Crippen molar-refractivity contribution in [1.82, 2.24) is 9.78 Å². The van der Waals surface area contributed by atoms with Gasteiger partial charge in [-0.05, 0) is 26.2 Å². The standard InChI is InChI=1S/C14H24ClN3O2S/c1-3-11-14(15)12(18(4-2)17-11)9-10(16)13-7-5-6-8-21(13,19)20/h10,13H,3-9,16H2,1-2H3. The van der Waals surface area contributed by atoms with Crippen LogP contribution in [0, 0.1) is 0 Å².